The van der Waals surface area contributed by atoms with Gasteiger partial charge in [0.25, 0.3) is 0 Å². The van der Waals surface area contributed by atoms with Gasteiger partial charge in [-0.15, -0.1) is 0 Å². The van der Waals surface area contributed by atoms with E-state index in [2.05, 4.69) is 9.88 Å². The summed E-state index contributed by atoms with van der Waals surface area (Å²) in [5.74, 6) is 0.0162. The fraction of sp³-hybridized carbons (Fsp3) is 0.600. The van der Waals surface area contributed by atoms with E-state index in [4.69, 9.17) is 4.74 Å². The summed E-state index contributed by atoms with van der Waals surface area (Å²) in [5, 5.41) is 0. The second-order valence-electron chi connectivity index (χ2n) is 4.96. The number of nitrogens with zero attached hydrogens (tertiary/aromatic N) is 2. The molecule has 2 rings (SSSR count). The Labute approximate surface area is 114 Å². The van der Waals surface area contributed by atoms with E-state index in [-0.39, 0.29) is 11.9 Å². The fourth-order valence-electron chi connectivity index (χ4n) is 2.53. The third kappa shape index (κ3) is 4.31. The van der Waals surface area contributed by atoms with Crippen LogP contribution < -0.4 is 0 Å². The summed E-state index contributed by atoms with van der Waals surface area (Å²) in [6.07, 6.45) is 4.80. The van der Waals surface area contributed by atoms with Gasteiger partial charge < -0.3 is 9.64 Å². The highest BCUT2D eigenvalue weighted by Crippen LogP contribution is 2.18. The largest absolute Gasteiger partial charge is 0.466 e. The Hall–Kier alpha value is -1.42. The number of carbonyl (C=O) groups is 1. The van der Waals surface area contributed by atoms with Crippen molar-refractivity contribution in [2.24, 2.45) is 5.92 Å². The maximum Gasteiger partial charge on any atom is 0.310 e. The standard InChI is InChI=1S/C15H22N2O2/c1-2-19-15(18)13-6-5-10-17(12-13)11-8-14-7-3-4-9-16-14/h3-4,7,9,13H,2,5-6,8,10-12H2,1H3/t13-/m0/s1. The van der Waals surface area contributed by atoms with Gasteiger partial charge in [0.1, 0.15) is 0 Å². The lowest BCUT2D eigenvalue weighted by Gasteiger charge is -2.31. The highest BCUT2D eigenvalue weighted by atomic mass is 16.5. The fourth-order valence-corrected chi connectivity index (χ4v) is 2.53. The third-order valence-electron chi connectivity index (χ3n) is 3.54. The number of rotatable bonds is 5. The van der Waals surface area contributed by atoms with Gasteiger partial charge >= 0.3 is 5.97 Å². The number of esters is 1. The molecule has 4 heteroatoms. The molecule has 0 aliphatic carbocycles. The monoisotopic (exact) mass is 262 g/mol. The zero-order valence-electron chi connectivity index (χ0n) is 11.5. The predicted octanol–water partition coefficient (Wildman–Crippen LogP) is 1.90. The Bertz CT molecular complexity index is 394. The molecule has 1 atom stereocenters. The van der Waals surface area contributed by atoms with Gasteiger partial charge in [0.15, 0.2) is 0 Å². The molecular formula is C15H22N2O2. The van der Waals surface area contributed by atoms with E-state index in [1.807, 2.05) is 31.3 Å². The molecule has 4 nitrogen and oxygen atoms in total. The summed E-state index contributed by atoms with van der Waals surface area (Å²) in [4.78, 5) is 18.4. The molecule has 0 bridgehead atoms. The molecule has 0 radical (unpaired) electrons. The topological polar surface area (TPSA) is 42.4 Å². The van der Waals surface area contributed by atoms with Gasteiger partial charge in [-0.1, -0.05) is 6.07 Å². The lowest BCUT2D eigenvalue weighted by molar-refractivity contribution is -0.149. The zero-order valence-corrected chi connectivity index (χ0v) is 11.5. The molecule has 1 saturated heterocycles. The van der Waals surface area contributed by atoms with Crippen molar-refractivity contribution in [3.8, 4) is 0 Å². The van der Waals surface area contributed by atoms with Gasteiger partial charge in [-0.3, -0.25) is 9.78 Å². The molecule has 0 amide bonds. The van der Waals surface area contributed by atoms with E-state index in [9.17, 15) is 4.79 Å². The lowest BCUT2D eigenvalue weighted by Crippen LogP contribution is -2.40. The molecule has 0 aromatic carbocycles. The Morgan fingerprint density at radius 1 is 1.53 bits per heavy atom. The number of piperidine rings is 1. The molecule has 1 aliphatic rings. The highest BCUT2D eigenvalue weighted by Gasteiger charge is 2.26. The summed E-state index contributed by atoms with van der Waals surface area (Å²) in [7, 11) is 0. The summed E-state index contributed by atoms with van der Waals surface area (Å²) < 4.78 is 5.11. The molecule has 1 aromatic rings. The van der Waals surface area contributed by atoms with Crippen molar-refractivity contribution < 1.29 is 9.53 Å². The van der Waals surface area contributed by atoms with Gasteiger partial charge in [-0.2, -0.15) is 0 Å². The maximum atomic E-state index is 11.8. The number of likely N-dealkylation sites (tertiary alicyclic amines) is 1. The molecular weight excluding hydrogens is 240 g/mol. The molecule has 1 aliphatic heterocycles. The number of ether oxygens (including phenoxy) is 1. The lowest BCUT2D eigenvalue weighted by atomic mass is 9.98. The molecule has 0 spiro atoms. The third-order valence-corrected chi connectivity index (χ3v) is 3.54. The van der Waals surface area contributed by atoms with Crippen LogP contribution in [-0.4, -0.2) is 42.1 Å². The first-order valence-electron chi connectivity index (χ1n) is 7.08. The molecule has 2 heterocycles. The van der Waals surface area contributed by atoms with Crippen molar-refractivity contribution in [2.75, 3.05) is 26.2 Å². The summed E-state index contributed by atoms with van der Waals surface area (Å²) >= 11 is 0. The number of carbonyl (C=O) groups excluding carboxylic acids is 1. The molecule has 0 saturated carbocycles. The molecule has 19 heavy (non-hydrogen) atoms. The van der Waals surface area contributed by atoms with Crippen LogP contribution >= 0.6 is 0 Å². The van der Waals surface area contributed by atoms with E-state index in [1.165, 1.54) is 0 Å². The SMILES string of the molecule is CCOC(=O)[C@H]1CCCN(CCc2ccccn2)C1. The van der Waals surface area contributed by atoms with Gasteiger partial charge in [-0.05, 0) is 38.4 Å². The van der Waals surface area contributed by atoms with Crippen LogP contribution in [0.2, 0.25) is 0 Å². The second kappa shape index (κ2) is 7.24. The van der Waals surface area contributed by atoms with Crippen LogP contribution in [0.15, 0.2) is 24.4 Å². The van der Waals surface area contributed by atoms with Crippen LogP contribution in [0.5, 0.6) is 0 Å². The Balaban J connectivity index is 1.79. The smallest absolute Gasteiger partial charge is 0.310 e. The van der Waals surface area contributed by atoms with Gasteiger partial charge in [0.05, 0.1) is 12.5 Å². The summed E-state index contributed by atoms with van der Waals surface area (Å²) in [6.45, 7) is 5.20. The van der Waals surface area contributed by atoms with Gasteiger partial charge in [0, 0.05) is 31.4 Å². The molecule has 1 fully saturated rings. The van der Waals surface area contributed by atoms with Crippen LogP contribution in [0.3, 0.4) is 0 Å². The molecule has 1 aromatic heterocycles. The molecule has 0 N–H and O–H groups in total. The minimum Gasteiger partial charge on any atom is -0.466 e. The van der Waals surface area contributed by atoms with Crippen molar-refractivity contribution in [3.63, 3.8) is 0 Å². The van der Waals surface area contributed by atoms with Crippen LogP contribution in [0, 0.1) is 5.92 Å². The van der Waals surface area contributed by atoms with Crippen molar-refractivity contribution >= 4 is 5.97 Å². The number of hydrogen-bond donors (Lipinski definition) is 0. The van der Waals surface area contributed by atoms with Gasteiger partial charge in [0.2, 0.25) is 0 Å². The summed E-state index contributed by atoms with van der Waals surface area (Å²) in [6, 6.07) is 5.99. The minimum atomic E-state index is -0.0370. The number of pyridine rings is 1. The quantitative estimate of drug-likeness (QED) is 0.760. The first-order chi connectivity index (χ1) is 9.29. The van der Waals surface area contributed by atoms with E-state index < -0.39 is 0 Å². The maximum absolute atomic E-state index is 11.8. The van der Waals surface area contributed by atoms with Gasteiger partial charge in [-0.25, -0.2) is 0 Å². The van der Waals surface area contributed by atoms with Crippen LogP contribution in [-0.2, 0) is 16.0 Å². The van der Waals surface area contributed by atoms with Crippen molar-refractivity contribution in [3.05, 3.63) is 30.1 Å². The Kier molecular flexibility index (Phi) is 5.33. The van der Waals surface area contributed by atoms with Crippen LogP contribution in [0.25, 0.3) is 0 Å². The molecule has 104 valence electrons. The van der Waals surface area contributed by atoms with E-state index in [0.717, 1.165) is 44.6 Å². The van der Waals surface area contributed by atoms with Crippen molar-refractivity contribution in [1.82, 2.24) is 9.88 Å². The first-order valence-corrected chi connectivity index (χ1v) is 7.08. The van der Waals surface area contributed by atoms with Crippen molar-refractivity contribution in [2.45, 2.75) is 26.2 Å². The predicted molar refractivity (Wildman–Crippen MR) is 73.7 cm³/mol. The average molecular weight is 262 g/mol. The normalized spacial score (nSPS) is 20.2. The zero-order chi connectivity index (χ0) is 13.5. The Morgan fingerprint density at radius 2 is 2.42 bits per heavy atom. The highest BCUT2D eigenvalue weighted by molar-refractivity contribution is 5.72. The van der Waals surface area contributed by atoms with Crippen molar-refractivity contribution in [1.29, 1.82) is 0 Å². The summed E-state index contributed by atoms with van der Waals surface area (Å²) in [5.41, 5.74) is 1.11. The Morgan fingerprint density at radius 3 is 3.16 bits per heavy atom. The van der Waals surface area contributed by atoms with E-state index >= 15 is 0 Å². The number of aromatic nitrogens is 1. The second-order valence-corrected chi connectivity index (χ2v) is 4.96. The average Bonchev–Trinajstić information content (AvgIpc) is 2.47. The minimum absolute atomic E-state index is 0.0370. The first kappa shape index (κ1) is 14.0. The number of hydrogen-bond acceptors (Lipinski definition) is 4. The van der Waals surface area contributed by atoms with Crippen LogP contribution in [0.1, 0.15) is 25.5 Å². The van der Waals surface area contributed by atoms with E-state index in [1.54, 1.807) is 0 Å². The molecule has 0 unspecified atom stereocenters. The van der Waals surface area contributed by atoms with E-state index in [0.29, 0.717) is 6.61 Å². The van der Waals surface area contributed by atoms with Crippen LogP contribution in [0.4, 0.5) is 0 Å².